The van der Waals surface area contributed by atoms with Gasteiger partial charge in [-0.25, -0.2) is 4.39 Å². The predicted molar refractivity (Wildman–Crippen MR) is 45.5 cm³/mol. The van der Waals surface area contributed by atoms with Gasteiger partial charge in [-0.2, -0.15) is 0 Å². The average Bonchev–Trinajstić information content (AvgIpc) is 1.96. The highest BCUT2D eigenvalue weighted by Crippen LogP contribution is 1.99. The largest absolute Gasteiger partial charge is 0.378 e. The summed E-state index contributed by atoms with van der Waals surface area (Å²) < 4.78 is 17.2. The summed E-state index contributed by atoms with van der Waals surface area (Å²) >= 11 is 0. The van der Waals surface area contributed by atoms with Crippen LogP contribution < -0.4 is 0 Å². The summed E-state index contributed by atoms with van der Waals surface area (Å²) in [6, 6.07) is 0. The molecule has 0 N–H and O–H groups in total. The van der Waals surface area contributed by atoms with Crippen LogP contribution in [0.3, 0.4) is 0 Å². The molecule has 0 rings (SSSR count). The molecule has 11 heavy (non-hydrogen) atoms. The van der Waals surface area contributed by atoms with Crippen molar-refractivity contribution >= 4 is 0 Å². The molecule has 1 atom stereocenters. The van der Waals surface area contributed by atoms with Crippen molar-refractivity contribution in [3.63, 3.8) is 0 Å². The summed E-state index contributed by atoms with van der Waals surface area (Å²) in [7, 11) is 0. The Hall–Kier alpha value is -0.110. The third-order valence-electron chi connectivity index (χ3n) is 1.49. The highest BCUT2D eigenvalue weighted by Gasteiger charge is 1.96. The molecular weight excluding hydrogens is 143 g/mol. The van der Waals surface area contributed by atoms with Crippen molar-refractivity contribution in [2.45, 2.75) is 45.7 Å². The molecule has 0 aliphatic carbocycles. The zero-order chi connectivity index (χ0) is 8.53. The van der Waals surface area contributed by atoms with E-state index in [0.717, 1.165) is 6.42 Å². The van der Waals surface area contributed by atoms with Gasteiger partial charge in [-0.05, 0) is 13.3 Å². The fourth-order valence-electron chi connectivity index (χ4n) is 0.877. The van der Waals surface area contributed by atoms with Crippen LogP contribution in [0.15, 0.2) is 0 Å². The molecule has 0 radical (unpaired) electrons. The van der Waals surface area contributed by atoms with Crippen LogP contribution in [0.1, 0.15) is 39.5 Å². The van der Waals surface area contributed by atoms with Gasteiger partial charge in [0.25, 0.3) is 0 Å². The molecule has 0 fully saturated rings. The van der Waals surface area contributed by atoms with Crippen molar-refractivity contribution in [2.75, 3.05) is 13.2 Å². The Bertz CT molecular complexity index is 74.0. The van der Waals surface area contributed by atoms with Crippen LogP contribution in [0.2, 0.25) is 0 Å². The van der Waals surface area contributed by atoms with Crippen LogP contribution in [0.25, 0.3) is 0 Å². The second kappa shape index (κ2) is 7.99. The fraction of sp³-hybridized carbons (Fsp3) is 1.00. The lowest BCUT2D eigenvalue weighted by Crippen LogP contribution is -2.06. The van der Waals surface area contributed by atoms with E-state index >= 15 is 0 Å². The van der Waals surface area contributed by atoms with E-state index in [2.05, 4.69) is 6.92 Å². The van der Waals surface area contributed by atoms with Gasteiger partial charge in [0.15, 0.2) is 0 Å². The molecule has 0 aliphatic rings. The summed E-state index contributed by atoms with van der Waals surface area (Å²) in [5.41, 5.74) is 0. The smallest absolute Gasteiger partial charge is 0.121 e. The van der Waals surface area contributed by atoms with Gasteiger partial charge in [0, 0.05) is 6.61 Å². The highest BCUT2D eigenvalue weighted by atomic mass is 19.1. The zero-order valence-corrected chi connectivity index (χ0v) is 7.61. The van der Waals surface area contributed by atoms with E-state index in [1.165, 1.54) is 26.2 Å². The minimum absolute atomic E-state index is 0.256. The van der Waals surface area contributed by atoms with E-state index in [9.17, 15) is 4.39 Å². The number of unbranched alkanes of at least 4 members (excludes halogenated alkanes) is 3. The molecule has 0 aromatic rings. The molecule has 0 aromatic heterocycles. The molecule has 1 nitrogen and oxygen atoms in total. The molecule has 0 heterocycles. The topological polar surface area (TPSA) is 9.23 Å². The van der Waals surface area contributed by atoms with Crippen LogP contribution in [0.4, 0.5) is 4.39 Å². The molecule has 68 valence electrons. The van der Waals surface area contributed by atoms with Gasteiger partial charge in [-0.3, -0.25) is 0 Å². The molecule has 1 unspecified atom stereocenters. The van der Waals surface area contributed by atoms with Crippen LogP contribution in [-0.4, -0.2) is 19.4 Å². The minimum Gasteiger partial charge on any atom is -0.378 e. The van der Waals surface area contributed by atoms with E-state index in [1.807, 2.05) is 0 Å². The van der Waals surface area contributed by atoms with Crippen molar-refractivity contribution in [3.05, 3.63) is 0 Å². The first-order chi connectivity index (χ1) is 5.27. The highest BCUT2D eigenvalue weighted by molar-refractivity contribution is 4.43. The minimum atomic E-state index is -0.818. The second-order valence-electron chi connectivity index (χ2n) is 2.92. The van der Waals surface area contributed by atoms with E-state index in [4.69, 9.17) is 4.74 Å². The number of rotatable bonds is 7. The van der Waals surface area contributed by atoms with Crippen LogP contribution in [0, 0.1) is 0 Å². The summed E-state index contributed by atoms with van der Waals surface area (Å²) in [6.45, 7) is 4.66. The Morgan fingerprint density at radius 1 is 1.27 bits per heavy atom. The lowest BCUT2D eigenvalue weighted by atomic mass is 10.2. The molecule has 0 bridgehead atoms. The van der Waals surface area contributed by atoms with Crippen molar-refractivity contribution in [1.82, 2.24) is 0 Å². The quantitative estimate of drug-likeness (QED) is 0.523. The van der Waals surface area contributed by atoms with Gasteiger partial charge in [0.05, 0.1) is 6.61 Å². The number of halogens is 1. The molecule has 0 saturated heterocycles. The number of hydrogen-bond acceptors (Lipinski definition) is 1. The molecule has 0 spiro atoms. The monoisotopic (exact) mass is 162 g/mol. The molecular formula is C9H19FO. The Morgan fingerprint density at radius 3 is 2.55 bits per heavy atom. The van der Waals surface area contributed by atoms with Crippen molar-refractivity contribution < 1.29 is 9.13 Å². The molecule has 0 amide bonds. The second-order valence-corrected chi connectivity index (χ2v) is 2.92. The van der Waals surface area contributed by atoms with Gasteiger partial charge in [-0.15, -0.1) is 0 Å². The third-order valence-corrected chi connectivity index (χ3v) is 1.49. The lowest BCUT2D eigenvalue weighted by Gasteiger charge is -2.03. The van der Waals surface area contributed by atoms with Gasteiger partial charge < -0.3 is 4.74 Å². The lowest BCUT2D eigenvalue weighted by molar-refractivity contribution is 0.0847. The number of hydrogen-bond donors (Lipinski definition) is 0. The molecule has 0 saturated carbocycles. The van der Waals surface area contributed by atoms with E-state index < -0.39 is 6.17 Å². The summed E-state index contributed by atoms with van der Waals surface area (Å²) in [5, 5.41) is 0. The Kier molecular flexibility index (Phi) is 7.91. The Morgan fingerprint density at radius 2 is 2.00 bits per heavy atom. The maximum absolute atomic E-state index is 12.2. The summed E-state index contributed by atoms with van der Waals surface area (Å²) in [6.07, 6.45) is 3.95. The van der Waals surface area contributed by atoms with Crippen LogP contribution >= 0.6 is 0 Å². The van der Waals surface area contributed by atoms with Crippen molar-refractivity contribution in [2.24, 2.45) is 0 Å². The Balaban J connectivity index is 2.80. The van der Waals surface area contributed by atoms with Crippen LogP contribution in [-0.2, 0) is 4.74 Å². The maximum atomic E-state index is 12.2. The van der Waals surface area contributed by atoms with Gasteiger partial charge >= 0.3 is 0 Å². The van der Waals surface area contributed by atoms with Gasteiger partial charge in [0.2, 0.25) is 0 Å². The van der Waals surface area contributed by atoms with Crippen molar-refractivity contribution in [3.8, 4) is 0 Å². The first-order valence-electron chi connectivity index (χ1n) is 4.49. The van der Waals surface area contributed by atoms with E-state index in [1.54, 1.807) is 0 Å². The molecule has 2 heteroatoms. The Labute approximate surface area is 68.9 Å². The maximum Gasteiger partial charge on any atom is 0.121 e. The number of alkyl halides is 1. The zero-order valence-electron chi connectivity index (χ0n) is 7.61. The first-order valence-corrected chi connectivity index (χ1v) is 4.49. The predicted octanol–water partition coefficient (Wildman–Crippen LogP) is 2.94. The van der Waals surface area contributed by atoms with E-state index in [-0.39, 0.29) is 6.61 Å². The molecule has 0 aromatic carbocycles. The average molecular weight is 162 g/mol. The third kappa shape index (κ3) is 9.89. The standard InChI is InChI=1S/C9H19FO/c1-3-4-5-6-7-11-8-9(2)10/h9H,3-8H2,1-2H3. The van der Waals surface area contributed by atoms with Crippen molar-refractivity contribution in [1.29, 1.82) is 0 Å². The van der Waals surface area contributed by atoms with Gasteiger partial charge in [-0.1, -0.05) is 26.2 Å². The van der Waals surface area contributed by atoms with Crippen LogP contribution in [0.5, 0.6) is 0 Å². The SMILES string of the molecule is CCCCCCOCC(C)F. The van der Waals surface area contributed by atoms with E-state index in [0.29, 0.717) is 6.61 Å². The fourth-order valence-corrected chi connectivity index (χ4v) is 0.877. The first kappa shape index (κ1) is 10.9. The molecule has 0 aliphatic heterocycles. The van der Waals surface area contributed by atoms with Gasteiger partial charge in [0.1, 0.15) is 6.17 Å². The number of ether oxygens (including phenoxy) is 1. The summed E-state index contributed by atoms with van der Waals surface area (Å²) in [5.74, 6) is 0. The summed E-state index contributed by atoms with van der Waals surface area (Å²) in [4.78, 5) is 0. The normalized spacial score (nSPS) is 13.4.